The number of carbonyl (C=O) groups excluding carboxylic acids is 2. The molecule has 1 aliphatic rings. The number of carboxylic acids is 1. The number of benzene rings is 2. The monoisotopic (exact) mass is 399 g/mol. The third kappa shape index (κ3) is 3.57. The lowest BCUT2D eigenvalue weighted by Crippen LogP contribution is -2.24. The Bertz CT molecular complexity index is 1030. The van der Waals surface area contributed by atoms with Gasteiger partial charge in [-0.15, -0.1) is 0 Å². The number of ether oxygens (including phenoxy) is 2. The van der Waals surface area contributed by atoms with Gasteiger partial charge in [0.05, 0.1) is 42.2 Å². The van der Waals surface area contributed by atoms with Gasteiger partial charge in [0.25, 0.3) is 5.91 Å². The van der Waals surface area contributed by atoms with Gasteiger partial charge in [-0.3, -0.25) is 4.79 Å². The molecule has 1 aliphatic heterocycles. The Hall–Kier alpha value is -3.32. The number of nitrogens with zero attached hydrogens (tertiary/aromatic N) is 2. The SMILES string of the molecule is COc1cc(/C=C2/C(=O)N(c3cccc(C(=O)[O-])c3)N=C2C)cc(Cl)c1OC. The van der Waals surface area contributed by atoms with Gasteiger partial charge in [0.15, 0.2) is 11.5 Å². The number of hydrazone groups is 1. The number of carboxylic acid groups (broad SMARTS) is 1. The number of hydrogen-bond donors (Lipinski definition) is 0. The molecule has 0 bridgehead atoms. The second kappa shape index (κ2) is 7.74. The Balaban J connectivity index is 1.98. The fraction of sp³-hybridized carbons (Fsp3) is 0.150. The van der Waals surface area contributed by atoms with E-state index < -0.39 is 5.97 Å². The number of hydrogen-bond acceptors (Lipinski definition) is 6. The molecule has 1 amide bonds. The zero-order valence-electron chi connectivity index (χ0n) is 15.4. The molecule has 0 saturated carbocycles. The Morgan fingerprint density at radius 2 is 1.96 bits per heavy atom. The predicted octanol–water partition coefficient (Wildman–Crippen LogP) is 2.53. The topological polar surface area (TPSA) is 91.3 Å². The van der Waals surface area contributed by atoms with Crippen LogP contribution in [0.5, 0.6) is 11.5 Å². The van der Waals surface area contributed by atoms with Crippen LogP contribution in [-0.2, 0) is 4.79 Å². The van der Waals surface area contributed by atoms with E-state index in [1.165, 1.54) is 32.4 Å². The first-order valence-electron chi connectivity index (χ1n) is 8.20. The smallest absolute Gasteiger partial charge is 0.280 e. The molecule has 0 unspecified atom stereocenters. The Morgan fingerprint density at radius 3 is 2.61 bits per heavy atom. The van der Waals surface area contributed by atoms with Crippen molar-refractivity contribution in [3.63, 3.8) is 0 Å². The zero-order valence-corrected chi connectivity index (χ0v) is 16.1. The fourth-order valence-electron chi connectivity index (χ4n) is 2.81. The number of rotatable bonds is 5. The van der Waals surface area contributed by atoms with E-state index in [1.807, 2.05) is 0 Å². The van der Waals surface area contributed by atoms with Crippen LogP contribution in [0.25, 0.3) is 6.08 Å². The summed E-state index contributed by atoms with van der Waals surface area (Å²) in [4.78, 5) is 23.9. The van der Waals surface area contributed by atoms with Gasteiger partial charge in [-0.25, -0.2) is 0 Å². The molecular formula is C20H16ClN2O5-. The number of methoxy groups -OCH3 is 2. The molecular weight excluding hydrogens is 384 g/mol. The number of carbonyl (C=O) groups is 2. The maximum absolute atomic E-state index is 12.9. The van der Waals surface area contributed by atoms with Gasteiger partial charge in [0.2, 0.25) is 0 Å². The normalized spacial score (nSPS) is 15.0. The molecule has 2 aromatic rings. The highest BCUT2D eigenvalue weighted by molar-refractivity contribution is 6.33. The minimum atomic E-state index is -1.33. The molecule has 0 atom stereocenters. The minimum Gasteiger partial charge on any atom is -0.545 e. The van der Waals surface area contributed by atoms with Crippen molar-refractivity contribution in [3.05, 3.63) is 58.1 Å². The van der Waals surface area contributed by atoms with Crippen molar-refractivity contribution >= 4 is 41.0 Å². The second-order valence-electron chi connectivity index (χ2n) is 5.94. The van der Waals surface area contributed by atoms with E-state index in [4.69, 9.17) is 21.1 Å². The second-order valence-corrected chi connectivity index (χ2v) is 6.34. The molecule has 0 radical (unpaired) electrons. The van der Waals surface area contributed by atoms with Gasteiger partial charge in [-0.1, -0.05) is 23.7 Å². The lowest BCUT2D eigenvalue weighted by atomic mass is 10.1. The van der Waals surface area contributed by atoms with Crippen molar-refractivity contribution in [3.8, 4) is 11.5 Å². The van der Waals surface area contributed by atoms with Crippen LogP contribution in [0.3, 0.4) is 0 Å². The van der Waals surface area contributed by atoms with Crippen molar-refractivity contribution in [2.24, 2.45) is 5.10 Å². The van der Waals surface area contributed by atoms with Crippen LogP contribution in [0.15, 0.2) is 47.1 Å². The van der Waals surface area contributed by atoms with Crippen LogP contribution in [-0.4, -0.2) is 31.8 Å². The van der Waals surface area contributed by atoms with Gasteiger partial charge < -0.3 is 19.4 Å². The molecule has 0 aliphatic carbocycles. The molecule has 0 fully saturated rings. The van der Waals surface area contributed by atoms with Crippen molar-refractivity contribution in [1.82, 2.24) is 0 Å². The molecule has 2 aromatic carbocycles. The molecule has 144 valence electrons. The Labute approximate surface area is 166 Å². The number of anilines is 1. The summed E-state index contributed by atoms with van der Waals surface area (Å²) in [6, 6.07) is 9.18. The maximum atomic E-state index is 12.9. The van der Waals surface area contributed by atoms with Crippen molar-refractivity contribution < 1.29 is 24.2 Å². The summed E-state index contributed by atoms with van der Waals surface area (Å²) in [6.45, 7) is 1.69. The standard InChI is InChI=1S/C20H17ClN2O5/c1-11-15(7-12-8-16(21)18(28-3)17(9-12)27-2)19(24)23(22-11)14-6-4-5-13(10-14)20(25)26/h4-10H,1-3H3,(H,25,26)/p-1/b15-7+. The van der Waals surface area contributed by atoms with Crippen LogP contribution in [0, 0.1) is 0 Å². The number of aromatic carboxylic acids is 1. The highest BCUT2D eigenvalue weighted by Gasteiger charge is 2.29. The first-order valence-corrected chi connectivity index (χ1v) is 8.58. The number of amides is 1. The van der Waals surface area contributed by atoms with Crippen LogP contribution in [0.1, 0.15) is 22.8 Å². The predicted molar refractivity (Wildman–Crippen MR) is 104 cm³/mol. The molecule has 0 aromatic heterocycles. The molecule has 3 rings (SSSR count). The zero-order chi connectivity index (χ0) is 20.4. The van der Waals surface area contributed by atoms with Crippen LogP contribution < -0.4 is 19.6 Å². The molecule has 28 heavy (non-hydrogen) atoms. The lowest BCUT2D eigenvalue weighted by molar-refractivity contribution is -0.255. The average Bonchev–Trinajstić information content (AvgIpc) is 2.95. The van der Waals surface area contributed by atoms with E-state index in [0.29, 0.717) is 39.1 Å². The van der Waals surface area contributed by atoms with Gasteiger partial charge >= 0.3 is 0 Å². The van der Waals surface area contributed by atoms with Gasteiger partial charge in [-0.05, 0) is 48.4 Å². The third-order valence-corrected chi connectivity index (χ3v) is 4.44. The van der Waals surface area contributed by atoms with Gasteiger partial charge in [0.1, 0.15) is 0 Å². The van der Waals surface area contributed by atoms with Gasteiger partial charge in [-0.2, -0.15) is 10.1 Å². The summed E-state index contributed by atoms with van der Waals surface area (Å²) in [7, 11) is 2.97. The van der Waals surface area contributed by atoms with Crippen molar-refractivity contribution in [1.29, 1.82) is 0 Å². The Kier molecular flexibility index (Phi) is 5.37. The Morgan fingerprint density at radius 1 is 1.21 bits per heavy atom. The van der Waals surface area contributed by atoms with Gasteiger partial charge in [0, 0.05) is 0 Å². The van der Waals surface area contributed by atoms with E-state index >= 15 is 0 Å². The summed E-state index contributed by atoms with van der Waals surface area (Å²) in [5, 5.41) is 16.8. The molecule has 0 spiro atoms. The summed E-state index contributed by atoms with van der Waals surface area (Å²) in [6.07, 6.45) is 1.64. The first kappa shape index (κ1) is 19.4. The quantitative estimate of drug-likeness (QED) is 0.720. The molecule has 7 nitrogen and oxygen atoms in total. The van der Waals surface area contributed by atoms with E-state index in [2.05, 4.69) is 5.10 Å². The first-order chi connectivity index (χ1) is 13.3. The van der Waals surface area contributed by atoms with Crippen molar-refractivity contribution in [2.45, 2.75) is 6.92 Å². The van der Waals surface area contributed by atoms with E-state index in [1.54, 1.807) is 31.2 Å². The molecule has 0 N–H and O–H groups in total. The summed E-state index contributed by atoms with van der Waals surface area (Å²) >= 11 is 6.22. The highest BCUT2D eigenvalue weighted by atomic mass is 35.5. The van der Waals surface area contributed by atoms with E-state index in [0.717, 1.165) is 5.01 Å². The average molecular weight is 400 g/mol. The summed E-state index contributed by atoms with van der Waals surface area (Å²) in [5.41, 5.74) is 1.75. The van der Waals surface area contributed by atoms with E-state index in [-0.39, 0.29) is 11.5 Å². The lowest BCUT2D eigenvalue weighted by Gasteiger charge is -2.13. The highest BCUT2D eigenvalue weighted by Crippen LogP contribution is 2.37. The third-order valence-electron chi connectivity index (χ3n) is 4.16. The van der Waals surface area contributed by atoms with E-state index in [9.17, 15) is 14.7 Å². The molecule has 0 saturated heterocycles. The molecule has 1 heterocycles. The number of halogens is 1. The fourth-order valence-corrected chi connectivity index (χ4v) is 3.11. The van der Waals surface area contributed by atoms with Crippen LogP contribution >= 0.6 is 11.6 Å². The van der Waals surface area contributed by atoms with Crippen LogP contribution in [0.2, 0.25) is 5.02 Å². The van der Waals surface area contributed by atoms with Crippen LogP contribution in [0.4, 0.5) is 5.69 Å². The summed E-state index contributed by atoms with van der Waals surface area (Å²) < 4.78 is 10.5. The largest absolute Gasteiger partial charge is 0.545 e. The maximum Gasteiger partial charge on any atom is 0.280 e. The minimum absolute atomic E-state index is 0.0396. The molecule has 8 heteroatoms. The van der Waals surface area contributed by atoms with Crippen molar-refractivity contribution in [2.75, 3.05) is 19.2 Å². The summed E-state index contributed by atoms with van der Waals surface area (Å²) in [5.74, 6) is -0.889.